The quantitative estimate of drug-likeness (QED) is 0.513. The lowest BCUT2D eigenvalue weighted by molar-refractivity contribution is -0.384. The van der Waals surface area contributed by atoms with Gasteiger partial charge in [0.05, 0.1) is 16.2 Å². The van der Waals surface area contributed by atoms with Gasteiger partial charge in [-0.1, -0.05) is 30.3 Å². The summed E-state index contributed by atoms with van der Waals surface area (Å²) < 4.78 is 0. The first-order valence-electron chi connectivity index (χ1n) is 7.83. The molecule has 0 aromatic heterocycles. The maximum absolute atomic E-state index is 12.4. The highest BCUT2D eigenvalue weighted by Gasteiger charge is 2.27. The standard InChI is InChI=1S/C19H16N2O4/c22-18-10-14(13-4-2-1-3-5-13)11-19(23)17(18)12-20-15-6-8-16(9-7-15)21(24)25/h1-9,12,14,22H,10-11H2. The van der Waals surface area contributed by atoms with Crippen LogP contribution in [0.1, 0.15) is 24.3 Å². The van der Waals surface area contributed by atoms with Crippen LogP contribution in [0.15, 0.2) is 70.9 Å². The highest BCUT2D eigenvalue weighted by molar-refractivity contribution is 6.15. The number of benzene rings is 2. The van der Waals surface area contributed by atoms with E-state index in [-0.39, 0.29) is 28.7 Å². The number of allylic oxidation sites excluding steroid dienone is 2. The molecular weight excluding hydrogens is 320 g/mol. The van der Waals surface area contributed by atoms with Gasteiger partial charge in [0.15, 0.2) is 5.78 Å². The van der Waals surface area contributed by atoms with E-state index >= 15 is 0 Å². The first-order chi connectivity index (χ1) is 12.0. The smallest absolute Gasteiger partial charge is 0.269 e. The van der Waals surface area contributed by atoms with E-state index in [0.29, 0.717) is 18.5 Å². The lowest BCUT2D eigenvalue weighted by atomic mass is 9.83. The molecule has 0 saturated carbocycles. The van der Waals surface area contributed by atoms with Crippen molar-refractivity contribution in [3.05, 3.63) is 81.6 Å². The van der Waals surface area contributed by atoms with Crippen molar-refractivity contribution in [1.82, 2.24) is 0 Å². The number of nitro groups is 1. The first kappa shape index (κ1) is 16.6. The van der Waals surface area contributed by atoms with Crippen LogP contribution in [0.2, 0.25) is 0 Å². The fourth-order valence-electron chi connectivity index (χ4n) is 2.82. The number of non-ortho nitro benzene ring substituents is 1. The van der Waals surface area contributed by atoms with Gasteiger partial charge in [0.2, 0.25) is 0 Å². The lowest BCUT2D eigenvalue weighted by Crippen LogP contribution is -2.19. The van der Waals surface area contributed by atoms with Crippen molar-refractivity contribution < 1.29 is 14.8 Å². The van der Waals surface area contributed by atoms with E-state index in [1.54, 1.807) is 0 Å². The Hall–Kier alpha value is -3.28. The summed E-state index contributed by atoms with van der Waals surface area (Å²) in [4.78, 5) is 26.6. The molecule has 0 bridgehead atoms. The van der Waals surface area contributed by atoms with E-state index in [9.17, 15) is 20.0 Å². The Kier molecular flexibility index (Phi) is 4.70. The van der Waals surface area contributed by atoms with Gasteiger partial charge in [-0.2, -0.15) is 0 Å². The van der Waals surface area contributed by atoms with Crippen molar-refractivity contribution in [2.24, 2.45) is 4.99 Å². The minimum atomic E-state index is -0.490. The molecule has 1 N–H and O–H groups in total. The van der Waals surface area contributed by atoms with Crippen LogP contribution in [0.3, 0.4) is 0 Å². The molecule has 6 heteroatoms. The largest absolute Gasteiger partial charge is 0.511 e. The summed E-state index contributed by atoms with van der Waals surface area (Å²) in [5.41, 5.74) is 1.67. The number of ketones is 1. The van der Waals surface area contributed by atoms with Crippen molar-refractivity contribution in [2.75, 3.05) is 0 Å². The van der Waals surface area contributed by atoms with Gasteiger partial charge in [0.1, 0.15) is 5.76 Å². The number of carbonyl (C=O) groups is 1. The summed E-state index contributed by atoms with van der Waals surface area (Å²) in [5, 5.41) is 20.9. The fraction of sp³-hybridized carbons (Fsp3) is 0.158. The minimum absolute atomic E-state index is 0.0239. The zero-order valence-corrected chi connectivity index (χ0v) is 13.3. The number of hydrogen-bond acceptors (Lipinski definition) is 5. The van der Waals surface area contributed by atoms with Crippen LogP contribution in [0.5, 0.6) is 0 Å². The predicted octanol–water partition coefficient (Wildman–Crippen LogP) is 4.26. The van der Waals surface area contributed by atoms with Gasteiger partial charge in [0.25, 0.3) is 5.69 Å². The monoisotopic (exact) mass is 336 g/mol. The van der Waals surface area contributed by atoms with E-state index in [1.165, 1.54) is 30.5 Å². The first-order valence-corrected chi connectivity index (χ1v) is 7.83. The average Bonchev–Trinajstić information content (AvgIpc) is 2.62. The number of rotatable bonds is 4. The summed E-state index contributed by atoms with van der Waals surface area (Å²) in [6.07, 6.45) is 2.03. The number of aliphatic hydroxyl groups is 1. The third-order valence-electron chi connectivity index (χ3n) is 4.16. The van der Waals surface area contributed by atoms with Gasteiger partial charge < -0.3 is 5.11 Å². The molecule has 0 saturated heterocycles. The second-order valence-electron chi connectivity index (χ2n) is 5.83. The van der Waals surface area contributed by atoms with Gasteiger partial charge in [-0.05, 0) is 23.6 Å². The molecule has 2 aromatic rings. The zero-order chi connectivity index (χ0) is 17.8. The Bertz CT molecular complexity index is 855. The molecule has 3 rings (SSSR count). The Morgan fingerprint density at radius 1 is 1.08 bits per heavy atom. The fourth-order valence-corrected chi connectivity index (χ4v) is 2.82. The molecule has 0 spiro atoms. The summed E-state index contributed by atoms with van der Waals surface area (Å²) in [7, 11) is 0. The normalized spacial score (nSPS) is 17.9. The highest BCUT2D eigenvalue weighted by atomic mass is 16.6. The Balaban J connectivity index is 1.77. The third-order valence-corrected chi connectivity index (χ3v) is 4.16. The van der Waals surface area contributed by atoms with Crippen LogP contribution in [0, 0.1) is 10.1 Å². The van der Waals surface area contributed by atoms with Crippen LogP contribution in [0.4, 0.5) is 11.4 Å². The maximum atomic E-state index is 12.4. The van der Waals surface area contributed by atoms with E-state index in [2.05, 4.69) is 4.99 Å². The SMILES string of the molecule is O=C1CC(c2ccccc2)CC(O)=C1C=Nc1ccc([N+](=O)[O-])cc1. The number of carbonyl (C=O) groups excluding carboxylic acids is 1. The lowest BCUT2D eigenvalue weighted by Gasteiger charge is -2.22. The topological polar surface area (TPSA) is 92.8 Å². The molecule has 1 unspecified atom stereocenters. The highest BCUT2D eigenvalue weighted by Crippen LogP contribution is 2.33. The molecule has 1 aliphatic rings. The van der Waals surface area contributed by atoms with Crippen LogP contribution in [0.25, 0.3) is 0 Å². The minimum Gasteiger partial charge on any atom is -0.511 e. The molecule has 1 aliphatic carbocycles. The van der Waals surface area contributed by atoms with E-state index in [4.69, 9.17) is 0 Å². The molecule has 2 aromatic carbocycles. The Morgan fingerprint density at radius 3 is 2.36 bits per heavy atom. The predicted molar refractivity (Wildman–Crippen MR) is 94.3 cm³/mol. The van der Waals surface area contributed by atoms with Crippen LogP contribution in [-0.2, 0) is 4.79 Å². The van der Waals surface area contributed by atoms with Gasteiger partial charge >= 0.3 is 0 Å². The summed E-state index contributed by atoms with van der Waals surface area (Å²) in [6.45, 7) is 0. The number of Topliss-reactive ketones (excluding diaryl/α,β-unsaturated/α-hetero) is 1. The van der Waals surface area contributed by atoms with Gasteiger partial charge in [-0.3, -0.25) is 19.9 Å². The second kappa shape index (κ2) is 7.09. The number of nitro benzene ring substituents is 1. The summed E-state index contributed by atoms with van der Waals surface area (Å²) >= 11 is 0. The molecule has 0 aliphatic heterocycles. The average molecular weight is 336 g/mol. The van der Waals surface area contributed by atoms with E-state index in [0.717, 1.165) is 5.56 Å². The maximum Gasteiger partial charge on any atom is 0.269 e. The summed E-state index contributed by atoms with van der Waals surface area (Å²) in [6, 6.07) is 15.3. The summed E-state index contributed by atoms with van der Waals surface area (Å²) in [5.74, 6) is -0.177. The van der Waals surface area contributed by atoms with Crippen LogP contribution < -0.4 is 0 Å². The Morgan fingerprint density at radius 2 is 1.76 bits per heavy atom. The van der Waals surface area contributed by atoms with Crippen molar-refractivity contribution in [3.63, 3.8) is 0 Å². The molecule has 25 heavy (non-hydrogen) atoms. The third kappa shape index (κ3) is 3.80. The van der Waals surface area contributed by atoms with Crippen LogP contribution in [-0.4, -0.2) is 22.0 Å². The van der Waals surface area contributed by atoms with Crippen molar-refractivity contribution in [3.8, 4) is 0 Å². The number of aliphatic imine (C=N–C) groups is 1. The van der Waals surface area contributed by atoms with E-state index < -0.39 is 4.92 Å². The van der Waals surface area contributed by atoms with Gasteiger partial charge in [-0.15, -0.1) is 0 Å². The zero-order valence-electron chi connectivity index (χ0n) is 13.3. The van der Waals surface area contributed by atoms with E-state index in [1.807, 2.05) is 30.3 Å². The second-order valence-corrected chi connectivity index (χ2v) is 5.83. The molecule has 6 nitrogen and oxygen atoms in total. The van der Waals surface area contributed by atoms with Crippen molar-refractivity contribution >= 4 is 23.4 Å². The molecule has 0 amide bonds. The molecule has 1 atom stereocenters. The van der Waals surface area contributed by atoms with Crippen LogP contribution >= 0.6 is 0 Å². The number of nitrogens with zero attached hydrogens (tertiary/aromatic N) is 2. The number of hydrogen-bond donors (Lipinski definition) is 1. The molecule has 0 heterocycles. The number of aliphatic hydroxyl groups excluding tert-OH is 1. The molecule has 126 valence electrons. The van der Waals surface area contributed by atoms with Gasteiger partial charge in [0, 0.05) is 31.2 Å². The van der Waals surface area contributed by atoms with Gasteiger partial charge in [-0.25, -0.2) is 0 Å². The molecular formula is C19H16N2O4. The van der Waals surface area contributed by atoms with Crippen molar-refractivity contribution in [1.29, 1.82) is 0 Å². The van der Waals surface area contributed by atoms with Crippen molar-refractivity contribution in [2.45, 2.75) is 18.8 Å². The molecule has 0 fully saturated rings. The molecule has 0 radical (unpaired) electrons. The Labute approximate surface area is 144 Å².